The van der Waals surface area contributed by atoms with Gasteiger partial charge in [-0.25, -0.2) is 0 Å². The number of hydrogen-bond donors (Lipinski definition) is 2. The van der Waals surface area contributed by atoms with E-state index in [2.05, 4.69) is 30.5 Å². The molecule has 234 valence electrons. The quantitative estimate of drug-likeness (QED) is 0.262. The third kappa shape index (κ3) is 8.89. The van der Waals surface area contributed by atoms with Crippen molar-refractivity contribution in [2.24, 2.45) is 0 Å². The molecule has 1 saturated heterocycles. The number of nitrogens with one attached hydrogen (secondary N) is 2. The van der Waals surface area contributed by atoms with Crippen LogP contribution in [0.3, 0.4) is 0 Å². The lowest BCUT2D eigenvalue weighted by Crippen LogP contribution is -2.39. The number of nitrogens with zero attached hydrogens (tertiary/aromatic N) is 4. The zero-order valence-corrected chi connectivity index (χ0v) is 23.5. The molecule has 2 N–H and O–H groups in total. The maximum absolute atomic E-state index is 13.1. The fourth-order valence-electron chi connectivity index (χ4n) is 4.49. The molecular weight excluding hydrogens is 586 g/mol. The molecule has 43 heavy (non-hydrogen) atoms. The Morgan fingerprint density at radius 1 is 0.860 bits per heavy atom. The highest BCUT2D eigenvalue weighted by Gasteiger charge is 2.31. The second-order valence-corrected chi connectivity index (χ2v) is 9.60. The van der Waals surface area contributed by atoms with Crippen molar-refractivity contribution >= 4 is 17.6 Å². The summed E-state index contributed by atoms with van der Waals surface area (Å²) in [4.78, 5) is 14.1. The predicted molar refractivity (Wildman–Crippen MR) is 144 cm³/mol. The molecule has 10 nitrogen and oxygen atoms in total. The van der Waals surface area contributed by atoms with Crippen LogP contribution in [0.1, 0.15) is 24.0 Å². The van der Waals surface area contributed by atoms with Gasteiger partial charge < -0.3 is 29.6 Å². The van der Waals surface area contributed by atoms with E-state index in [4.69, 9.17) is 18.9 Å². The summed E-state index contributed by atoms with van der Waals surface area (Å²) in [5.74, 6) is 1.22. The van der Waals surface area contributed by atoms with E-state index >= 15 is 0 Å². The first-order valence-electron chi connectivity index (χ1n) is 13.0. The minimum atomic E-state index is -4.65. The predicted octanol–water partition coefficient (Wildman–Crippen LogP) is 5.68. The van der Waals surface area contributed by atoms with Gasteiger partial charge in [-0.05, 0) is 48.7 Å². The first-order chi connectivity index (χ1) is 20.4. The lowest BCUT2D eigenvalue weighted by atomic mass is 10.0. The zero-order chi connectivity index (χ0) is 31.2. The highest BCUT2D eigenvalue weighted by molar-refractivity contribution is 5.56. The minimum Gasteiger partial charge on any atom is -0.493 e. The van der Waals surface area contributed by atoms with Gasteiger partial charge in [0.15, 0.2) is 18.1 Å². The molecule has 0 saturated carbocycles. The molecule has 2 heterocycles. The summed E-state index contributed by atoms with van der Waals surface area (Å²) in [7, 11) is 4.61. The van der Waals surface area contributed by atoms with E-state index < -0.39 is 30.5 Å². The number of benzene rings is 2. The topological polar surface area (TPSA) is 103 Å². The van der Waals surface area contributed by atoms with Crippen LogP contribution in [0.5, 0.6) is 23.3 Å². The smallest absolute Gasteiger partial charge is 0.422 e. The van der Waals surface area contributed by atoms with Crippen molar-refractivity contribution < 1.29 is 45.3 Å². The van der Waals surface area contributed by atoms with Crippen LogP contribution in [0.2, 0.25) is 0 Å². The fraction of sp³-hybridized carbons (Fsp3) is 0.444. The van der Waals surface area contributed by atoms with Crippen molar-refractivity contribution in [1.29, 1.82) is 0 Å². The first kappa shape index (κ1) is 31.7. The number of anilines is 3. The number of methoxy groups -OCH3 is 3. The number of hydrogen-bond acceptors (Lipinski definition) is 10. The molecular formula is C27H30F6N6O4. The van der Waals surface area contributed by atoms with Gasteiger partial charge in [-0.1, -0.05) is 6.07 Å². The molecule has 1 aliphatic heterocycles. The average molecular weight is 617 g/mol. The number of aromatic nitrogens is 3. The monoisotopic (exact) mass is 616 g/mol. The SMILES string of the molecule is COc1cc(CN2CCC(Nc3nc(Nc4cccc(C(F)(F)F)c4)nc(OCC(F)(F)F)n3)CC2)cc(OC)c1OC. The van der Waals surface area contributed by atoms with Gasteiger partial charge in [-0.3, -0.25) is 4.90 Å². The Morgan fingerprint density at radius 3 is 2.09 bits per heavy atom. The molecule has 0 aliphatic carbocycles. The molecule has 16 heteroatoms. The standard InChI is InChI=1S/C27H30F6N6O4/c1-40-20-11-16(12-21(41-2)22(20)42-3)14-39-9-7-18(8-10-39)34-23-36-24(38-25(37-23)43-15-26(28,29)30)35-19-6-4-5-17(13-19)27(31,32)33/h4-6,11-13,18H,7-10,14-15H2,1-3H3,(H2,34,35,36,37,38). The van der Waals surface area contributed by atoms with Crippen LogP contribution >= 0.6 is 0 Å². The van der Waals surface area contributed by atoms with Crippen LogP contribution in [-0.4, -0.2) is 73.1 Å². The number of halogens is 6. The first-order valence-corrected chi connectivity index (χ1v) is 13.0. The van der Waals surface area contributed by atoms with E-state index in [1.165, 1.54) is 19.2 Å². The van der Waals surface area contributed by atoms with Gasteiger partial charge in [-0.15, -0.1) is 0 Å². The van der Waals surface area contributed by atoms with Crippen LogP contribution in [-0.2, 0) is 12.7 Å². The van der Waals surface area contributed by atoms with Crippen LogP contribution in [0.15, 0.2) is 36.4 Å². The average Bonchev–Trinajstić information content (AvgIpc) is 2.96. The van der Waals surface area contributed by atoms with Crippen LogP contribution in [0, 0.1) is 0 Å². The van der Waals surface area contributed by atoms with Crippen molar-refractivity contribution in [2.75, 3.05) is 51.7 Å². The Morgan fingerprint density at radius 2 is 1.51 bits per heavy atom. The van der Waals surface area contributed by atoms with Gasteiger partial charge in [0.25, 0.3) is 0 Å². The van der Waals surface area contributed by atoms with E-state index in [0.717, 1.165) is 17.7 Å². The molecule has 0 bridgehead atoms. The van der Waals surface area contributed by atoms with Gasteiger partial charge in [0.2, 0.25) is 17.6 Å². The van der Waals surface area contributed by atoms with Gasteiger partial charge in [0, 0.05) is 31.4 Å². The summed E-state index contributed by atoms with van der Waals surface area (Å²) in [6, 6.07) is 7.20. The van der Waals surface area contributed by atoms with Gasteiger partial charge in [0.1, 0.15) is 0 Å². The van der Waals surface area contributed by atoms with E-state index in [9.17, 15) is 26.3 Å². The summed E-state index contributed by atoms with van der Waals surface area (Å²) in [6.07, 6.45) is -7.96. The Labute approximate surface area is 243 Å². The highest BCUT2D eigenvalue weighted by atomic mass is 19.4. The van der Waals surface area contributed by atoms with Crippen LogP contribution < -0.4 is 29.6 Å². The molecule has 1 aromatic heterocycles. The summed E-state index contributed by atoms with van der Waals surface area (Å²) in [5, 5.41) is 5.68. The second kappa shape index (κ2) is 13.4. The number of rotatable bonds is 11. The van der Waals surface area contributed by atoms with E-state index in [0.29, 0.717) is 49.7 Å². The molecule has 1 aliphatic rings. The van der Waals surface area contributed by atoms with Crippen molar-refractivity contribution in [2.45, 2.75) is 37.8 Å². The number of alkyl halides is 6. The van der Waals surface area contributed by atoms with Crippen molar-refractivity contribution in [3.8, 4) is 23.3 Å². The zero-order valence-electron chi connectivity index (χ0n) is 23.5. The Balaban J connectivity index is 1.44. The van der Waals surface area contributed by atoms with E-state index in [-0.39, 0.29) is 23.6 Å². The summed E-state index contributed by atoms with van der Waals surface area (Å²) in [6.45, 7) is 0.298. The maximum Gasteiger partial charge on any atom is 0.422 e. The molecule has 0 unspecified atom stereocenters. The molecule has 1 fully saturated rings. The Kier molecular flexibility index (Phi) is 9.88. The van der Waals surface area contributed by atoms with Gasteiger partial charge in [-0.2, -0.15) is 41.3 Å². The summed E-state index contributed by atoms with van der Waals surface area (Å²) < 4.78 is 98.6. The molecule has 2 aromatic carbocycles. The Hall–Kier alpha value is -4.21. The van der Waals surface area contributed by atoms with E-state index in [1.807, 2.05) is 12.1 Å². The summed E-state index contributed by atoms with van der Waals surface area (Å²) in [5.41, 5.74) is 0.0146. The van der Waals surface area contributed by atoms with Crippen LogP contribution in [0.4, 0.5) is 43.9 Å². The third-order valence-corrected chi connectivity index (χ3v) is 6.48. The second-order valence-electron chi connectivity index (χ2n) is 9.60. The van der Waals surface area contributed by atoms with Crippen LogP contribution in [0.25, 0.3) is 0 Å². The lowest BCUT2D eigenvalue weighted by molar-refractivity contribution is -0.154. The van der Waals surface area contributed by atoms with Crippen molar-refractivity contribution in [3.05, 3.63) is 47.5 Å². The molecule has 0 atom stereocenters. The summed E-state index contributed by atoms with van der Waals surface area (Å²) >= 11 is 0. The minimum absolute atomic E-state index is 0.0196. The molecule has 4 rings (SSSR count). The van der Waals surface area contributed by atoms with Crippen molar-refractivity contribution in [1.82, 2.24) is 19.9 Å². The largest absolute Gasteiger partial charge is 0.493 e. The fourth-order valence-corrected chi connectivity index (χ4v) is 4.49. The van der Waals surface area contributed by atoms with Crippen molar-refractivity contribution in [3.63, 3.8) is 0 Å². The molecule has 0 amide bonds. The number of ether oxygens (including phenoxy) is 4. The van der Waals surface area contributed by atoms with E-state index in [1.54, 1.807) is 14.2 Å². The number of piperidine rings is 1. The molecule has 3 aromatic rings. The molecule has 0 radical (unpaired) electrons. The van der Waals surface area contributed by atoms with Gasteiger partial charge in [0.05, 0.1) is 26.9 Å². The third-order valence-electron chi connectivity index (χ3n) is 6.48. The maximum atomic E-state index is 13.1. The lowest BCUT2D eigenvalue weighted by Gasteiger charge is -2.32. The Bertz CT molecular complexity index is 1360. The molecule has 0 spiro atoms. The van der Waals surface area contributed by atoms with Gasteiger partial charge >= 0.3 is 18.4 Å². The number of likely N-dealkylation sites (tertiary alicyclic amines) is 1. The highest BCUT2D eigenvalue weighted by Crippen LogP contribution is 2.38. The normalized spacial score (nSPS) is 14.7.